The molecule has 0 bridgehead atoms. The first-order valence-corrected chi connectivity index (χ1v) is 10.8. The standard InChI is InChI=1S/C26H27NO3/c1-2-3-4-5-11-18-30-25(29)26(20-13-7-6-8-14-20)24(28)22-17-16-19-12-9-10-15-21(19)23(22)27-26/h6-10,12-17,27H,2-5,11,18H2,1H3/t26-/m1/s1. The zero-order valence-electron chi connectivity index (χ0n) is 17.3. The van der Waals surface area contributed by atoms with Gasteiger partial charge in [-0.1, -0.05) is 93.3 Å². The van der Waals surface area contributed by atoms with E-state index in [-0.39, 0.29) is 5.78 Å². The first-order chi connectivity index (χ1) is 14.7. The molecule has 4 heteroatoms. The third-order valence-electron chi connectivity index (χ3n) is 5.82. The van der Waals surface area contributed by atoms with Crippen molar-refractivity contribution < 1.29 is 14.3 Å². The summed E-state index contributed by atoms with van der Waals surface area (Å²) < 4.78 is 5.66. The van der Waals surface area contributed by atoms with Crippen LogP contribution in [0.1, 0.15) is 54.9 Å². The van der Waals surface area contributed by atoms with Crippen molar-refractivity contribution in [3.63, 3.8) is 0 Å². The van der Waals surface area contributed by atoms with Crippen LogP contribution in [0.4, 0.5) is 5.69 Å². The number of Topliss-reactive ketones (excluding diaryl/α,β-unsaturated/α-hetero) is 1. The van der Waals surface area contributed by atoms with Gasteiger partial charge in [0.05, 0.1) is 12.3 Å². The summed E-state index contributed by atoms with van der Waals surface area (Å²) >= 11 is 0. The van der Waals surface area contributed by atoms with Crippen LogP contribution in [0.3, 0.4) is 0 Å². The highest BCUT2D eigenvalue weighted by molar-refractivity contribution is 6.27. The number of anilines is 1. The van der Waals surface area contributed by atoms with Gasteiger partial charge in [-0.3, -0.25) is 4.79 Å². The molecule has 0 aromatic heterocycles. The van der Waals surface area contributed by atoms with Crippen LogP contribution in [0.15, 0.2) is 66.7 Å². The van der Waals surface area contributed by atoms with Crippen LogP contribution in [0.5, 0.6) is 0 Å². The topological polar surface area (TPSA) is 55.4 Å². The fourth-order valence-electron chi connectivity index (χ4n) is 4.17. The smallest absolute Gasteiger partial charge is 0.344 e. The molecule has 30 heavy (non-hydrogen) atoms. The van der Waals surface area contributed by atoms with E-state index in [0.717, 1.165) is 30.0 Å². The van der Waals surface area contributed by atoms with Gasteiger partial charge in [-0.2, -0.15) is 0 Å². The van der Waals surface area contributed by atoms with Crippen LogP contribution >= 0.6 is 0 Å². The lowest BCUT2D eigenvalue weighted by atomic mass is 9.85. The van der Waals surface area contributed by atoms with Gasteiger partial charge in [-0.15, -0.1) is 0 Å². The zero-order valence-corrected chi connectivity index (χ0v) is 17.3. The summed E-state index contributed by atoms with van der Waals surface area (Å²) in [5.74, 6) is -0.792. The lowest BCUT2D eigenvalue weighted by Crippen LogP contribution is -2.47. The highest BCUT2D eigenvalue weighted by Gasteiger charge is 2.54. The zero-order chi connectivity index (χ0) is 21.0. The van der Waals surface area contributed by atoms with Crippen LogP contribution in [0, 0.1) is 0 Å². The molecule has 0 unspecified atom stereocenters. The quantitative estimate of drug-likeness (QED) is 0.292. The van der Waals surface area contributed by atoms with Crippen LogP contribution in [0.2, 0.25) is 0 Å². The number of esters is 1. The number of rotatable bonds is 8. The molecule has 0 spiro atoms. The summed E-state index contributed by atoms with van der Waals surface area (Å²) in [4.78, 5) is 27.0. The minimum atomic E-state index is -1.54. The molecular formula is C26H27NO3. The number of hydrogen-bond acceptors (Lipinski definition) is 4. The average Bonchev–Trinajstić information content (AvgIpc) is 3.10. The predicted molar refractivity (Wildman–Crippen MR) is 120 cm³/mol. The number of unbranched alkanes of at least 4 members (excludes halogenated alkanes) is 4. The van der Waals surface area contributed by atoms with Crippen molar-refractivity contribution in [2.75, 3.05) is 11.9 Å². The molecule has 0 amide bonds. The molecule has 3 aromatic carbocycles. The van der Waals surface area contributed by atoms with E-state index < -0.39 is 11.5 Å². The van der Waals surface area contributed by atoms with Gasteiger partial charge in [0.25, 0.3) is 0 Å². The second-order valence-corrected chi connectivity index (χ2v) is 7.83. The monoisotopic (exact) mass is 401 g/mol. The van der Waals surface area contributed by atoms with Gasteiger partial charge in [-0.05, 0) is 23.4 Å². The maximum absolute atomic E-state index is 13.6. The van der Waals surface area contributed by atoms with Crippen LogP contribution in [-0.2, 0) is 15.1 Å². The Balaban J connectivity index is 1.67. The van der Waals surface area contributed by atoms with E-state index in [1.54, 1.807) is 6.07 Å². The van der Waals surface area contributed by atoms with Gasteiger partial charge in [0.15, 0.2) is 0 Å². The van der Waals surface area contributed by atoms with Crippen LogP contribution in [0.25, 0.3) is 10.8 Å². The van der Waals surface area contributed by atoms with Crippen molar-refractivity contribution >= 4 is 28.2 Å². The van der Waals surface area contributed by atoms with Crippen molar-refractivity contribution in [2.45, 2.75) is 44.6 Å². The van der Waals surface area contributed by atoms with Crippen molar-refractivity contribution in [3.8, 4) is 0 Å². The fourth-order valence-corrected chi connectivity index (χ4v) is 4.17. The molecule has 1 aliphatic heterocycles. The highest BCUT2D eigenvalue weighted by atomic mass is 16.5. The number of ketones is 1. The third-order valence-corrected chi connectivity index (χ3v) is 5.82. The molecule has 1 heterocycles. The summed E-state index contributed by atoms with van der Waals surface area (Å²) in [5, 5.41) is 5.24. The Kier molecular flexibility index (Phi) is 5.84. The summed E-state index contributed by atoms with van der Waals surface area (Å²) in [6.45, 7) is 2.49. The predicted octanol–water partition coefficient (Wildman–Crippen LogP) is 5.86. The minimum Gasteiger partial charge on any atom is -0.463 e. The Morgan fingerprint density at radius 2 is 1.63 bits per heavy atom. The highest BCUT2D eigenvalue weighted by Crippen LogP contribution is 2.43. The molecule has 154 valence electrons. The molecule has 0 saturated heterocycles. The molecule has 0 aliphatic carbocycles. The molecule has 1 atom stereocenters. The molecule has 4 nitrogen and oxygen atoms in total. The van der Waals surface area contributed by atoms with E-state index >= 15 is 0 Å². The van der Waals surface area contributed by atoms with Crippen LogP contribution < -0.4 is 5.32 Å². The number of carbonyl (C=O) groups is 2. The fraction of sp³-hybridized carbons (Fsp3) is 0.308. The van der Waals surface area contributed by atoms with Gasteiger partial charge >= 0.3 is 5.97 Å². The first-order valence-electron chi connectivity index (χ1n) is 10.8. The normalized spacial score (nSPS) is 17.6. The average molecular weight is 402 g/mol. The lowest BCUT2D eigenvalue weighted by molar-refractivity contribution is -0.147. The Hall–Kier alpha value is -3.14. The summed E-state index contributed by atoms with van der Waals surface area (Å²) in [6.07, 6.45) is 5.31. The van der Waals surface area contributed by atoms with Gasteiger partial charge in [-0.25, -0.2) is 4.79 Å². The van der Waals surface area contributed by atoms with Gasteiger partial charge < -0.3 is 10.1 Å². The van der Waals surface area contributed by atoms with E-state index in [1.165, 1.54) is 12.8 Å². The summed E-state index contributed by atoms with van der Waals surface area (Å²) in [7, 11) is 0. The number of nitrogens with one attached hydrogen (secondary N) is 1. The maximum Gasteiger partial charge on any atom is 0.344 e. The Morgan fingerprint density at radius 1 is 0.900 bits per heavy atom. The molecule has 1 aliphatic rings. The van der Waals surface area contributed by atoms with Crippen molar-refractivity contribution in [2.24, 2.45) is 0 Å². The van der Waals surface area contributed by atoms with E-state index in [1.807, 2.05) is 60.7 Å². The second kappa shape index (κ2) is 8.70. The molecule has 4 rings (SSSR count). The summed E-state index contributed by atoms with van der Waals surface area (Å²) in [6, 6.07) is 20.8. The number of fused-ring (bicyclic) bond motifs is 3. The van der Waals surface area contributed by atoms with E-state index in [4.69, 9.17) is 4.74 Å². The van der Waals surface area contributed by atoms with E-state index in [0.29, 0.717) is 23.4 Å². The number of benzene rings is 3. The van der Waals surface area contributed by atoms with E-state index in [2.05, 4.69) is 12.2 Å². The van der Waals surface area contributed by atoms with Crippen molar-refractivity contribution in [1.29, 1.82) is 0 Å². The Morgan fingerprint density at radius 3 is 2.43 bits per heavy atom. The van der Waals surface area contributed by atoms with Crippen LogP contribution in [-0.4, -0.2) is 18.4 Å². The Labute approximate surface area is 177 Å². The third kappa shape index (κ3) is 3.47. The minimum absolute atomic E-state index is 0.259. The van der Waals surface area contributed by atoms with Crippen molar-refractivity contribution in [1.82, 2.24) is 0 Å². The molecule has 3 aromatic rings. The molecule has 1 N–H and O–H groups in total. The summed E-state index contributed by atoms with van der Waals surface area (Å²) in [5.41, 5.74) is 0.280. The number of carbonyl (C=O) groups excluding carboxylic acids is 2. The van der Waals surface area contributed by atoms with Gasteiger partial charge in [0.2, 0.25) is 11.3 Å². The molecular weight excluding hydrogens is 374 g/mol. The van der Waals surface area contributed by atoms with Crippen molar-refractivity contribution in [3.05, 3.63) is 77.9 Å². The molecule has 0 radical (unpaired) electrons. The second-order valence-electron chi connectivity index (χ2n) is 7.83. The number of hydrogen-bond donors (Lipinski definition) is 1. The largest absolute Gasteiger partial charge is 0.463 e. The SMILES string of the molecule is CCCCCCCOC(=O)[C@]1(c2ccccc2)Nc2c(ccc3ccccc23)C1=O. The maximum atomic E-state index is 13.6. The molecule has 0 saturated carbocycles. The Bertz CT molecular complexity index is 1060. The van der Waals surface area contributed by atoms with Gasteiger partial charge in [0, 0.05) is 10.9 Å². The lowest BCUT2D eigenvalue weighted by Gasteiger charge is -2.27. The number of ether oxygens (including phenoxy) is 1. The van der Waals surface area contributed by atoms with E-state index in [9.17, 15) is 9.59 Å². The van der Waals surface area contributed by atoms with Gasteiger partial charge in [0.1, 0.15) is 0 Å². The molecule has 0 fully saturated rings. The first kappa shape index (κ1) is 20.1.